The van der Waals surface area contributed by atoms with Crippen LogP contribution < -0.4 is 10.9 Å². The van der Waals surface area contributed by atoms with E-state index in [-0.39, 0.29) is 24.0 Å². The lowest BCUT2D eigenvalue weighted by Gasteiger charge is -2.35. The lowest BCUT2D eigenvalue weighted by atomic mass is 9.93. The first-order valence-electron chi connectivity index (χ1n) is 10.0. The Morgan fingerprint density at radius 2 is 1.93 bits per heavy atom. The van der Waals surface area contributed by atoms with Gasteiger partial charge in [-0.25, -0.2) is 4.79 Å². The van der Waals surface area contributed by atoms with Crippen molar-refractivity contribution in [2.45, 2.75) is 65.5 Å². The van der Waals surface area contributed by atoms with Crippen molar-refractivity contribution >= 4 is 27.8 Å². The minimum Gasteiger partial charge on any atom is -0.464 e. The predicted octanol–water partition coefficient (Wildman–Crippen LogP) is 4.08. The Morgan fingerprint density at radius 1 is 1.17 bits per heavy atom. The van der Waals surface area contributed by atoms with E-state index in [1.54, 1.807) is 6.26 Å². The van der Waals surface area contributed by atoms with E-state index in [9.17, 15) is 9.59 Å². The number of rotatable bonds is 3. The van der Waals surface area contributed by atoms with Crippen molar-refractivity contribution in [1.82, 2.24) is 5.32 Å². The molecule has 3 aromatic rings. The summed E-state index contributed by atoms with van der Waals surface area (Å²) in [4.78, 5) is 25.4. The Hall–Kier alpha value is -2.60. The van der Waals surface area contributed by atoms with Crippen LogP contribution >= 0.6 is 0 Å². The fourth-order valence-corrected chi connectivity index (χ4v) is 4.32. The van der Waals surface area contributed by atoms with Crippen LogP contribution in [0.4, 0.5) is 0 Å². The number of fused-ring (bicyclic) bond motifs is 2. The molecule has 1 aromatic carbocycles. The van der Waals surface area contributed by atoms with Crippen molar-refractivity contribution in [3.8, 4) is 0 Å². The van der Waals surface area contributed by atoms with Crippen molar-refractivity contribution < 1.29 is 18.4 Å². The van der Waals surface area contributed by atoms with E-state index in [1.807, 2.05) is 40.7 Å². The highest BCUT2D eigenvalue weighted by Crippen LogP contribution is 2.32. The van der Waals surface area contributed by atoms with E-state index < -0.39 is 5.63 Å². The minimum atomic E-state index is -0.469. The number of hydrogen-bond acceptors (Lipinski definition) is 5. The Labute approximate surface area is 169 Å². The lowest BCUT2D eigenvalue weighted by Crippen LogP contribution is -2.46. The van der Waals surface area contributed by atoms with E-state index in [1.165, 1.54) is 0 Å². The number of furan rings is 1. The van der Waals surface area contributed by atoms with Gasteiger partial charge in [0.1, 0.15) is 11.2 Å². The van der Waals surface area contributed by atoms with Crippen LogP contribution in [0.25, 0.3) is 21.9 Å². The number of amides is 1. The van der Waals surface area contributed by atoms with Crippen molar-refractivity contribution in [3.63, 3.8) is 0 Å². The van der Waals surface area contributed by atoms with Gasteiger partial charge < -0.3 is 18.9 Å². The molecule has 1 aliphatic heterocycles. The SMILES string of the molecule is Cc1coc2c(C)c3oc(=O)c(CC(=O)NC4CCOC(C)(C)C4)c(C)c3cc12. The highest BCUT2D eigenvalue weighted by atomic mass is 16.5. The average Bonchev–Trinajstić information content (AvgIpc) is 3.00. The zero-order chi connectivity index (χ0) is 20.9. The Morgan fingerprint density at radius 3 is 2.66 bits per heavy atom. The molecule has 1 atom stereocenters. The molecule has 1 aliphatic rings. The second-order valence-electron chi connectivity index (χ2n) is 8.71. The molecule has 0 aliphatic carbocycles. The van der Waals surface area contributed by atoms with Gasteiger partial charge in [0.2, 0.25) is 5.91 Å². The third kappa shape index (κ3) is 3.57. The van der Waals surface area contributed by atoms with Crippen molar-refractivity contribution in [2.24, 2.45) is 0 Å². The third-order valence-electron chi connectivity index (χ3n) is 5.93. The summed E-state index contributed by atoms with van der Waals surface area (Å²) in [6, 6.07) is 2.03. The Balaban J connectivity index is 1.67. The summed E-state index contributed by atoms with van der Waals surface area (Å²) in [5, 5.41) is 4.89. The largest absolute Gasteiger partial charge is 0.464 e. The van der Waals surface area contributed by atoms with Gasteiger partial charge in [0.05, 0.1) is 23.8 Å². The molecule has 1 N–H and O–H groups in total. The quantitative estimate of drug-likeness (QED) is 0.674. The van der Waals surface area contributed by atoms with Gasteiger partial charge in [0.15, 0.2) is 0 Å². The molecular weight excluding hydrogens is 370 g/mol. The van der Waals surface area contributed by atoms with Gasteiger partial charge >= 0.3 is 5.63 Å². The Kier molecular flexibility index (Phi) is 4.77. The van der Waals surface area contributed by atoms with Crippen molar-refractivity contribution in [1.29, 1.82) is 0 Å². The zero-order valence-corrected chi connectivity index (χ0v) is 17.6. The van der Waals surface area contributed by atoms with Crippen LogP contribution in [-0.2, 0) is 16.0 Å². The summed E-state index contributed by atoms with van der Waals surface area (Å²) in [6.45, 7) is 10.4. The molecular formula is C23H27NO5. The molecule has 0 spiro atoms. The second-order valence-corrected chi connectivity index (χ2v) is 8.71. The highest BCUT2D eigenvalue weighted by molar-refractivity contribution is 6.00. The highest BCUT2D eigenvalue weighted by Gasteiger charge is 2.30. The maximum absolute atomic E-state index is 12.7. The first-order valence-corrected chi connectivity index (χ1v) is 10.0. The summed E-state index contributed by atoms with van der Waals surface area (Å²) >= 11 is 0. The van der Waals surface area contributed by atoms with Crippen LogP contribution in [0.3, 0.4) is 0 Å². The molecule has 1 amide bonds. The van der Waals surface area contributed by atoms with Gasteiger partial charge in [0, 0.05) is 29.0 Å². The first-order chi connectivity index (χ1) is 13.7. The molecule has 0 bridgehead atoms. The average molecular weight is 397 g/mol. The van der Waals surface area contributed by atoms with E-state index in [2.05, 4.69) is 5.32 Å². The summed E-state index contributed by atoms with van der Waals surface area (Å²) < 4.78 is 17.0. The summed E-state index contributed by atoms with van der Waals surface area (Å²) in [6.07, 6.45) is 3.23. The second kappa shape index (κ2) is 7.02. The summed E-state index contributed by atoms with van der Waals surface area (Å²) in [5.41, 5.74) is 3.53. The van der Waals surface area contributed by atoms with Gasteiger partial charge in [0.25, 0.3) is 0 Å². The molecule has 2 aromatic heterocycles. The van der Waals surface area contributed by atoms with Crippen LogP contribution in [0.1, 0.15) is 48.9 Å². The van der Waals surface area contributed by atoms with Crippen LogP contribution in [0.5, 0.6) is 0 Å². The zero-order valence-electron chi connectivity index (χ0n) is 17.6. The van der Waals surface area contributed by atoms with Crippen molar-refractivity contribution in [3.05, 3.63) is 45.0 Å². The number of carbonyl (C=O) groups is 1. The fourth-order valence-electron chi connectivity index (χ4n) is 4.32. The number of aryl methyl sites for hydroxylation is 3. The molecule has 4 rings (SSSR count). The normalized spacial score (nSPS) is 19.0. The molecule has 1 unspecified atom stereocenters. The van der Waals surface area contributed by atoms with E-state index >= 15 is 0 Å². The number of carbonyl (C=O) groups excluding carboxylic acids is 1. The molecule has 6 nitrogen and oxygen atoms in total. The van der Waals surface area contributed by atoms with Crippen LogP contribution in [0, 0.1) is 20.8 Å². The molecule has 154 valence electrons. The number of ether oxygens (including phenoxy) is 1. The van der Waals surface area contributed by atoms with Crippen LogP contribution in [0.2, 0.25) is 0 Å². The third-order valence-corrected chi connectivity index (χ3v) is 5.93. The van der Waals surface area contributed by atoms with E-state index in [0.29, 0.717) is 17.8 Å². The summed E-state index contributed by atoms with van der Waals surface area (Å²) in [5.74, 6) is -0.167. The summed E-state index contributed by atoms with van der Waals surface area (Å²) in [7, 11) is 0. The molecule has 0 radical (unpaired) electrons. The standard InChI is InChI=1S/C23H27NO5/c1-12-11-27-20-14(3)21-17(8-16(12)20)13(2)18(22(26)29-21)9-19(25)24-15-6-7-28-23(4,5)10-15/h8,11,15H,6-7,9-10H2,1-5H3,(H,24,25). The van der Waals surface area contributed by atoms with Crippen LogP contribution in [0.15, 0.2) is 26.0 Å². The van der Waals surface area contributed by atoms with Gasteiger partial charge in [-0.15, -0.1) is 0 Å². The maximum atomic E-state index is 12.7. The van der Waals surface area contributed by atoms with Gasteiger partial charge in [-0.05, 0) is 64.7 Å². The lowest BCUT2D eigenvalue weighted by molar-refractivity contribution is -0.123. The number of benzene rings is 1. The van der Waals surface area contributed by atoms with Gasteiger partial charge in [-0.3, -0.25) is 4.79 Å². The molecule has 0 saturated carbocycles. The number of nitrogens with one attached hydrogen (secondary N) is 1. The number of hydrogen-bond donors (Lipinski definition) is 1. The molecule has 1 saturated heterocycles. The molecule has 3 heterocycles. The first kappa shape index (κ1) is 19.7. The molecule has 29 heavy (non-hydrogen) atoms. The predicted molar refractivity (Wildman–Crippen MR) is 111 cm³/mol. The monoisotopic (exact) mass is 397 g/mol. The van der Waals surface area contributed by atoms with E-state index in [4.69, 9.17) is 13.6 Å². The van der Waals surface area contributed by atoms with Gasteiger partial charge in [-0.1, -0.05) is 0 Å². The fraction of sp³-hybridized carbons (Fsp3) is 0.478. The molecule has 6 heteroatoms. The topological polar surface area (TPSA) is 81.7 Å². The van der Waals surface area contributed by atoms with Crippen LogP contribution in [-0.4, -0.2) is 24.2 Å². The van der Waals surface area contributed by atoms with Gasteiger partial charge in [-0.2, -0.15) is 0 Å². The van der Waals surface area contributed by atoms with Crippen molar-refractivity contribution in [2.75, 3.05) is 6.61 Å². The molecule has 1 fully saturated rings. The smallest absolute Gasteiger partial charge is 0.340 e. The minimum absolute atomic E-state index is 0.00332. The Bertz CT molecular complexity index is 1170. The van der Waals surface area contributed by atoms with E-state index in [0.717, 1.165) is 45.9 Å². The maximum Gasteiger partial charge on any atom is 0.340 e.